The van der Waals surface area contributed by atoms with Gasteiger partial charge in [0.1, 0.15) is 6.61 Å². The molecule has 0 amide bonds. The van der Waals surface area contributed by atoms with Crippen LogP contribution in [-0.2, 0) is 6.42 Å². The molecule has 2 N–H and O–H groups in total. The van der Waals surface area contributed by atoms with E-state index in [0.29, 0.717) is 18.8 Å². The molecule has 4 heteroatoms. The number of hydrogen-bond acceptors (Lipinski definition) is 3. The molecule has 0 aliphatic rings. The second-order valence-corrected chi connectivity index (χ2v) is 4.56. The molecule has 1 rings (SSSR count). The van der Waals surface area contributed by atoms with E-state index in [1.54, 1.807) is 6.07 Å². The van der Waals surface area contributed by atoms with E-state index in [4.69, 9.17) is 10.5 Å². The van der Waals surface area contributed by atoms with Crippen LogP contribution < -0.4 is 10.5 Å². The number of benzene rings is 1. The summed E-state index contributed by atoms with van der Waals surface area (Å²) in [6.45, 7) is 3.13. The largest absolute Gasteiger partial charge is 0.489 e. The molecule has 0 spiro atoms. The number of halogens is 1. The Morgan fingerprint density at radius 1 is 1.41 bits per heavy atom. The number of likely N-dealkylation sites (N-methyl/N-ethyl adjacent to an activating group) is 1. The van der Waals surface area contributed by atoms with Gasteiger partial charge in [0.25, 0.3) is 0 Å². The molecule has 0 saturated heterocycles. The Balaban J connectivity index is 2.73. The van der Waals surface area contributed by atoms with Gasteiger partial charge in [-0.05, 0) is 39.1 Å². The third-order valence-corrected chi connectivity index (χ3v) is 2.38. The molecule has 0 saturated carbocycles. The minimum Gasteiger partial charge on any atom is -0.489 e. The molecule has 0 fully saturated rings. The van der Waals surface area contributed by atoms with Crippen LogP contribution in [0.3, 0.4) is 0 Å². The number of rotatable bonds is 6. The lowest BCUT2D eigenvalue weighted by molar-refractivity contribution is 0.250. The molecule has 0 aliphatic carbocycles. The summed E-state index contributed by atoms with van der Waals surface area (Å²) in [5, 5.41) is 0. The van der Waals surface area contributed by atoms with Gasteiger partial charge >= 0.3 is 0 Å². The Hall–Kier alpha value is -1.13. The Bertz CT molecular complexity index is 353. The van der Waals surface area contributed by atoms with Gasteiger partial charge in [-0.1, -0.05) is 12.1 Å². The highest BCUT2D eigenvalue weighted by molar-refractivity contribution is 5.35. The number of nitrogens with two attached hydrogens (primary N) is 1. The first-order chi connectivity index (χ1) is 8.00. The molecular formula is C13H21FN2O. The quantitative estimate of drug-likeness (QED) is 0.822. The molecule has 0 aromatic heterocycles. The molecule has 1 unspecified atom stereocenters. The van der Waals surface area contributed by atoms with Gasteiger partial charge in [-0.3, -0.25) is 0 Å². The van der Waals surface area contributed by atoms with Crippen LogP contribution in [0.2, 0.25) is 0 Å². The van der Waals surface area contributed by atoms with Crippen LogP contribution in [0.15, 0.2) is 18.2 Å². The fourth-order valence-electron chi connectivity index (χ4n) is 1.55. The zero-order chi connectivity index (χ0) is 12.8. The SMILES string of the molecule is CC(N)Cc1cccc(F)c1OCCN(C)C. The third kappa shape index (κ3) is 4.71. The van der Waals surface area contributed by atoms with Gasteiger partial charge in [-0.2, -0.15) is 0 Å². The van der Waals surface area contributed by atoms with Crippen LogP contribution in [0.5, 0.6) is 5.75 Å². The first-order valence-electron chi connectivity index (χ1n) is 5.81. The predicted octanol–water partition coefficient (Wildman–Crippen LogP) is 1.66. The van der Waals surface area contributed by atoms with E-state index in [2.05, 4.69) is 0 Å². The van der Waals surface area contributed by atoms with E-state index >= 15 is 0 Å². The number of ether oxygens (including phenoxy) is 1. The Morgan fingerprint density at radius 2 is 2.12 bits per heavy atom. The van der Waals surface area contributed by atoms with Crippen molar-refractivity contribution in [3.63, 3.8) is 0 Å². The maximum Gasteiger partial charge on any atom is 0.165 e. The van der Waals surface area contributed by atoms with Gasteiger partial charge in [0, 0.05) is 12.6 Å². The molecule has 1 aromatic carbocycles. The highest BCUT2D eigenvalue weighted by atomic mass is 19.1. The van der Waals surface area contributed by atoms with Crippen molar-refractivity contribution in [3.05, 3.63) is 29.6 Å². The Kier molecular flexibility index (Phi) is 5.38. The average molecular weight is 240 g/mol. The van der Waals surface area contributed by atoms with Crippen LogP contribution in [0.1, 0.15) is 12.5 Å². The van der Waals surface area contributed by atoms with Crippen molar-refractivity contribution in [2.24, 2.45) is 5.73 Å². The first-order valence-corrected chi connectivity index (χ1v) is 5.81. The van der Waals surface area contributed by atoms with Crippen LogP contribution >= 0.6 is 0 Å². The summed E-state index contributed by atoms with van der Waals surface area (Å²) in [6.07, 6.45) is 0.620. The molecule has 0 heterocycles. The number of hydrogen-bond donors (Lipinski definition) is 1. The highest BCUT2D eigenvalue weighted by Crippen LogP contribution is 2.23. The maximum absolute atomic E-state index is 13.6. The van der Waals surface area contributed by atoms with Crippen molar-refractivity contribution in [1.29, 1.82) is 0 Å². The van der Waals surface area contributed by atoms with Crippen molar-refractivity contribution < 1.29 is 9.13 Å². The average Bonchev–Trinajstić information content (AvgIpc) is 2.21. The van der Waals surface area contributed by atoms with E-state index in [0.717, 1.165) is 12.1 Å². The van der Waals surface area contributed by atoms with Crippen molar-refractivity contribution in [2.75, 3.05) is 27.2 Å². The molecule has 3 nitrogen and oxygen atoms in total. The maximum atomic E-state index is 13.6. The highest BCUT2D eigenvalue weighted by Gasteiger charge is 2.11. The lowest BCUT2D eigenvalue weighted by Crippen LogP contribution is -2.21. The van der Waals surface area contributed by atoms with Crippen molar-refractivity contribution >= 4 is 0 Å². The Morgan fingerprint density at radius 3 is 2.71 bits per heavy atom. The summed E-state index contributed by atoms with van der Waals surface area (Å²) in [7, 11) is 3.90. The zero-order valence-corrected chi connectivity index (χ0v) is 10.7. The fraction of sp³-hybridized carbons (Fsp3) is 0.538. The summed E-state index contributed by atoms with van der Waals surface area (Å²) in [4.78, 5) is 1.99. The topological polar surface area (TPSA) is 38.5 Å². The second-order valence-electron chi connectivity index (χ2n) is 4.56. The molecule has 1 aromatic rings. The van der Waals surface area contributed by atoms with Gasteiger partial charge in [0.2, 0.25) is 0 Å². The summed E-state index contributed by atoms with van der Waals surface area (Å²) in [5.41, 5.74) is 6.57. The van der Waals surface area contributed by atoms with Gasteiger partial charge in [-0.25, -0.2) is 4.39 Å². The molecule has 96 valence electrons. The van der Waals surface area contributed by atoms with E-state index in [1.165, 1.54) is 6.07 Å². The van der Waals surface area contributed by atoms with Crippen molar-refractivity contribution in [3.8, 4) is 5.75 Å². The lowest BCUT2D eigenvalue weighted by Gasteiger charge is -2.15. The number of nitrogens with zero attached hydrogens (tertiary/aromatic N) is 1. The first kappa shape index (κ1) is 13.9. The zero-order valence-electron chi connectivity index (χ0n) is 10.7. The van der Waals surface area contributed by atoms with E-state index in [9.17, 15) is 4.39 Å². The summed E-state index contributed by atoms with van der Waals surface area (Å²) in [6, 6.07) is 4.95. The number of para-hydroxylation sites is 1. The van der Waals surface area contributed by atoms with E-state index in [-0.39, 0.29) is 11.9 Å². The fourth-order valence-corrected chi connectivity index (χ4v) is 1.55. The standard InChI is InChI=1S/C13H21FN2O/c1-10(15)9-11-5-4-6-12(14)13(11)17-8-7-16(2)3/h4-6,10H,7-9,15H2,1-3H3. The molecule has 17 heavy (non-hydrogen) atoms. The van der Waals surface area contributed by atoms with Crippen LogP contribution in [0, 0.1) is 5.82 Å². The van der Waals surface area contributed by atoms with Crippen LogP contribution in [0.4, 0.5) is 4.39 Å². The summed E-state index contributed by atoms with van der Waals surface area (Å²) in [5.74, 6) is 0.0218. The minimum atomic E-state index is -0.318. The van der Waals surface area contributed by atoms with Crippen molar-refractivity contribution in [1.82, 2.24) is 4.90 Å². The molecule has 0 bridgehead atoms. The van der Waals surface area contributed by atoms with Crippen LogP contribution in [-0.4, -0.2) is 38.2 Å². The minimum absolute atomic E-state index is 0.00648. The predicted molar refractivity (Wildman–Crippen MR) is 67.8 cm³/mol. The van der Waals surface area contributed by atoms with Gasteiger partial charge in [-0.15, -0.1) is 0 Å². The molecule has 1 atom stereocenters. The van der Waals surface area contributed by atoms with Crippen LogP contribution in [0.25, 0.3) is 0 Å². The van der Waals surface area contributed by atoms with Crippen molar-refractivity contribution in [2.45, 2.75) is 19.4 Å². The van der Waals surface area contributed by atoms with E-state index < -0.39 is 0 Å². The Labute approximate surface area is 102 Å². The molecular weight excluding hydrogens is 219 g/mol. The summed E-state index contributed by atoms with van der Waals surface area (Å²) < 4.78 is 19.2. The monoisotopic (exact) mass is 240 g/mol. The second kappa shape index (κ2) is 6.57. The van der Waals surface area contributed by atoms with Gasteiger partial charge < -0.3 is 15.4 Å². The normalized spacial score (nSPS) is 12.8. The third-order valence-electron chi connectivity index (χ3n) is 2.38. The smallest absolute Gasteiger partial charge is 0.165 e. The summed E-state index contributed by atoms with van der Waals surface area (Å²) >= 11 is 0. The van der Waals surface area contributed by atoms with E-state index in [1.807, 2.05) is 32.0 Å². The molecule has 0 aliphatic heterocycles. The lowest BCUT2D eigenvalue weighted by atomic mass is 10.1. The van der Waals surface area contributed by atoms with Gasteiger partial charge in [0.05, 0.1) is 0 Å². The molecule has 0 radical (unpaired) electrons. The van der Waals surface area contributed by atoms with Gasteiger partial charge in [0.15, 0.2) is 11.6 Å².